The van der Waals surface area contributed by atoms with Crippen LogP contribution in [0, 0.1) is 5.82 Å². The van der Waals surface area contributed by atoms with Crippen LogP contribution in [0.1, 0.15) is 18.7 Å². The van der Waals surface area contributed by atoms with Crippen LogP contribution in [0.3, 0.4) is 0 Å². The molecule has 0 spiro atoms. The molecule has 1 atom stereocenters. The van der Waals surface area contributed by atoms with Crippen LogP contribution in [0.2, 0.25) is 0 Å². The molecule has 0 aliphatic rings. The highest BCUT2D eigenvalue weighted by Crippen LogP contribution is 2.09. The Hall–Kier alpha value is -0.960. The van der Waals surface area contributed by atoms with Crippen LogP contribution in [-0.2, 0) is 0 Å². The van der Waals surface area contributed by atoms with Crippen molar-refractivity contribution in [2.75, 3.05) is 0 Å². The van der Waals surface area contributed by atoms with E-state index in [0.717, 1.165) is 0 Å². The van der Waals surface area contributed by atoms with Crippen LogP contribution in [0.5, 0.6) is 0 Å². The van der Waals surface area contributed by atoms with Gasteiger partial charge in [-0.25, -0.2) is 4.39 Å². The molecule has 1 aromatic rings. The maximum Gasteiger partial charge on any atom is 0.146 e. The zero-order valence-electron chi connectivity index (χ0n) is 5.71. The van der Waals surface area contributed by atoms with Gasteiger partial charge in [-0.05, 0) is 19.1 Å². The zero-order valence-corrected chi connectivity index (χ0v) is 5.71. The standard InChI is InChI=1S/C7H9FN2/c1-5(9)7-6(8)3-2-4-10-7/h2-5H,9H2,1H3. The quantitative estimate of drug-likeness (QED) is 0.637. The zero-order chi connectivity index (χ0) is 7.56. The number of halogens is 1. The van der Waals surface area contributed by atoms with Gasteiger partial charge in [0.1, 0.15) is 5.82 Å². The van der Waals surface area contributed by atoms with Gasteiger partial charge in [-0.1, -0.05) is 0 Å². The first-order chi connectivity index (χ1) is 4.72. The minimum atomic E-state index is -0.336. The van der Waals surface area contributed by atoms with Gasteiger partial charge in [0.15, 0.2) is 0 Å². The van der Waals surface area contributed by atoms with E-state index in [-0.39, 0.29) is 11.9 Å². The maximum absolute atomic E-state index is 12.7. The first kappa shape index (κ1) is 7.15. The summed E-state index contributed by atoms with van der Waals surface area (Å²) in [5, 5.41) is 0. The van der Waals surface area contributed by atoms with Crippen LogP contribution < -0.4 is 5.73 Å². The molecule has 1 aromatic heterocycles. The number of hydrogen-bond donors (Lipinski definition) is 1. The second kappa shape index (κ2) is 2.75. The van der Waals surface area contributed by atoms with Gasteiger partial charge in [-0.3, -0.25) is 4.98 Å². The summed E-state index contributed by atoms with van der Waals surface area (Å²) >= 11 is 0. The van der Waals surface area contributed by atoms with Crippen LogP contribution in [0.15, 0.2) is 18.3 Å². The van der Waals surface area contributed by atoms with E-state index in [2.05, 4.69) is 4.98 Å². The van der Waals surface area contributed by atoms with Crippen molar-refractivity contribution in [1.29, 1.82) is 0 Å². The van der Waals surface area contributed by atoms with Gasteiger partial charge in [0.2, 0.25) is 0 Å². The first-order valence-electron chi connectivity index (χ1n) is 3.08. The summed E-state index contributed by atoms with van der Waals surface area (Å²) in [6, 6.07) is 2.56. The molecule has 0 saturated heterocycles. The molecule has 0 saturated carbocycles. The summed E-state index contributed by atoms with van der Waals surface area (Å²) in [6.45, 7) is 1.70. The van der Waals surface area contributed by atoms with Crippen molar-refractivity contribution in [3.8, 4) is 0 Å². The molecular formula is C7H9FN2. The predicted octanol–water partition coefficient (Wildman–Crippen LogP) is 1.24. The van der Waals surface area contributed by atoms with Gasteiger partial charge in [-0.15, -0.1) is 0 Å². The number of nitrogens with zero attached hydrogens (tertiary/aromatic N) is 1. The summed E-state index contributed by atoms with van der Waals surface area (Å²) in [4.78, 5) is 3.78. The third-order valence-corrected chi connectivity index (χ3v) is 1.22. The Morgan fingerprint density at radius 3 is 2.80 bits per heavy atom. The summed E-state index contributed by atoms with van der Waals surface area (Å²) in [5.74, 6) is -0.336. The number of nitrogens with two attached hydrogens (primary N) is 1. The largest absolute Gasteiger partial charge is 0.323 e. The lowest BCUT2D eigenvalue weighted by Crippen LogP contribution is -2.09. The lowest BCUT2D eigenvalue weighted by molar-refractivity contribution is 0.579. The van der Waals surface area contributed by atoms with Crippen LogP contribution >= 0.6 is 0 Å². The molecule has 0 bridgehead atoms. The van der Waals surface area contributed by atoms with Crippen molar-refractivity contribution < 1.29 is 4.39 Å². The Morgan fingerprint density at radius 1 is 1.70 bits per heavy atom. The molecule has 10 heavy (non-hydrogen) atoms. The van der Waals surface area contributed by atoms with E-state index in [9.17, 15) is 4.39 Å². The summed E-state index contributed by atoms with van der Waals surface area (Å²) in [5.41, 5.74) is 5.73. The van der Waals surface area contributed by atoms with Crippen LogP contribution in [0.4, 0.5) is 4.39 Å². The average Bonchev–Trinajstić information content (AvgIpc) is 1.88. The topological polar surface area (TPSA) is 38.9 Å². The first-order valence-corrected chi connectivity index (χ1v) is 3.08. The Labute approximate surface area is 58.9 Å². The highest BCUT2D eigenvalue weighted by atomic mass is 19.1. The molecule has 2 N–H and O–H groups in total. The summed E-state index contributed by atoms with van der Waals surface area (Å²) < 4.78 is 12.7. The molecule has 1 heterocycles. The van der Waals surface area contributed by atoms with Crippen molar-refractivity contribution in [2.24, 2.45) is 5.73 Å². The minimum Gasteiger partial charge on any atom is -0.323 e. The van der Waals surface area contributed by atoms with Gasteiger partial charge < -0.3 is 5.73 Å². The summed E-state index contributed by atoms with van der Waals surface area (Å²) in [7, 11) is 0. The van der Waals surface area contributed by atoms with Crippen molar-refractivity contribution in [1.82, 2.24) is 4.98 Å². The fourth-order valence-electron chi connectivity index (χ4n) is 0.733. The van der Waals surface area contributed by atoms with Crippen molar-refractivity contribution in [3.63, 3.8) is 0 Å². The van der Waals surface area contributed by atoms with E-state index < -0.39 is 0 Å². The van der Waals surface area contributed by atoms with Gasteiger partial charge in [-0.2, -0.15) is 0 Å². The van der Waals surface area contributed by atoms with Gasteiger partial charge >= 0.3 is 0 Å². The fourth-order valence-corrected chi connectivity index (χ4v) is 0.733. The van der Waals surface area contributed by atoms with E-state index in [0.29, 0.717) is 5.69 Å². The third kappa shape index (κ3) is 1.30. The second-order valence-corrected chi connectivity index (χ2v) is 2.16. The van der Waals surface area contributed by atoms with E-state index in [4.69, 9.17) is 5.73 Å². The molecule has 3 heteroatoms. The fraction of sp³-hybridized carbons (Fsp3) is 0.286. The highest BCUT2D eigenvalue weighted by Gasteiger charge is 2.05. The highest BCUT2D eigenvalue weighted by molar-refractivity contribution is 5.09. The number of hydrogen-bond acceptors (Lipinski definition) is 2. The molecule has 0 aliphatic heterocycles. The molecule has 0 aromatic carbocycles. The van der Waals surface area contributed by atoms with Crippen LogP contribution in [0.25, 0.3) is 0 Å². The summed E-state index contributed by atoms with van der Waals surface area (Å²) in [6.07, 6.45) is 1.53. The molecule has 0 fully saturated rings. The molecule has 54 valence electrons. The molecular weight excluding hydrogens is 131 g/mol. The molecule has 0 radical (unpaired) electrons. The lowest BCUT2D eigenvalue weighted by Gasteiger charge is -2.03. The number of rotatable bonds is 1. The van der Waals surface area contributed by atoms with E-state index in [1.54, 1.807) is 13.0 Å². The Kier molecular flexibility index (Phi) is 1.97. The minimum absolute atomic E-state index is 0.322. The van der Waals surface area contributed by atoms with Gasteiger partial charge in [0.25, 0.3) is 0 Å². The Balaban J connectivity index is 3.03. The van der Waals surface area contributed by atoms with Gasteiger partial charge in [0.05, 0.1) is 5.69 Å². The predicted molar refractivity (Wildman–Crippen MR) is 36.8 cm³/mol. The third-order valence-electron chi connectivity index (χ3n) is 1.22. The maximum atomic E-state index is 12.7. The van der Waals surface area contributed by atoms with Crippen LogP contribution in [-0.4, -0.2) is 4.98 Å². The molecule has 1 unspecified atom stereocenters. The van der Waals surface area contributed by atoms with Crippen molar-refractivity contribution in [2.45, 2.75) is 13.0 Å². The monoisotopic (exact) mass is 140 g/mol. The average molecular weight is 140 g/mol. The molecule has 0 aliphatic carbocycles. The Morgan fingerprint density at radius 2 is 2.40 bits per heavy atom. The molecule has 2 nitrogen and oxygen atoms in total. The van der Waals surface area contributed by atoms with Gasteiger partial charge in [0, 0.05) is 12.2 Å². The van der Waals surface area contributed by atoms with Crippen molar-refractivity contribution >= 4 is 0 Å². The second-order valence-electron chi connectivity index (χ2n) is 2.16. The Bertz CT molecular complexity index is 223. The smallest absolute Gasteiger partial charge is 0.146 e. The van der Waals surface area contributed by atoms with Crippen molar-refractivity contribution in [3.05, 3.63) is 29.8 Å². The normalized spacial score (nSPS) is 13.1. The molecule has 0 amide bonds. The number of pyridine rings is 1. The van der Waals surface area contributed by atoms with E-state index >= 15 is 0 Å². The van der Waals surface area contributed by atoms with E-state index in [1.165, 1.54) is 12.3 Å². The number of aromatic nitrogens is 1. The molecule has 1 rings (SSSR count). The van der Waals surface area contributed by atoms with E-state index in [1.807, 2.05) is 0 Å². The SMILES string of the molecule is CC(N)c1ncccc1F. The lowest BCUT2D eigenvalue weighted by atomic mass is 10.2.